The quantitative estimate of drug-likeness (QED) is 0.0290. The number of nitrogens with zero attached hydrogens (tertiary/aromatic N) is 1. The van der Waals surface area contributed by atoms with E-state index in [9.17, 15) is 4.79 Å². The lowest BCUT2D eigenvalue weighted by atomic mass is 9.83. The first-order valence-corrected chi connectivity index (χ1v) is 24.7. The zero-order valence-corrected chi connectivity index (χ0v) is 39.9. The second-order valence-electron chi connectivity index (χ2n) is 17.3. The summed E-state index contributed by atoms with van der Waals surface area (Å²) in [5, 5.41) is 0. The van der Waals surface area contributed by atoms with Gasteiger partial charge in [0.2, 0.25) is 0 Å². The summed E-state index contributed by atoms with van der Waals surface area (Å²) < 4.78 is 51.8. The molecule has 0 spiro atoms. The minimum absolute atomic E-state index is 0.0468. The van der Waals surface area contributed by atoms with Gasteiger partial charge in [0.15, 0.2) is 6.10 Å². The molecule has 0 N–H and O–H groups in total. The van der Waals surface area contributed by atoms with Gasteiger partial charge in [-0.1, -0.05) is 184 Å². The largest absolute Gasteiger partial charge is 0.457 e. The van der Waals surface area contributed by atoms with Gasteiger partial charge in [0.25, 0.3) is 8.53 Å². The van der Waals surface area contributed by atoms with E-state index in [-0.39, 0.29) is 50.9 Å². The number of esters is 1. The van der Waals surface area contributed by atoms with E-state index in [0.29, 0.717) is 6.61 Å². The summed E-state index contributed by atoms with van der Waals surface area (Å²) in [6.45, 7) is 12.1. The molecular weight excluding hydrogens is 834 g/mol. The van der Waals surface area contributed by atoms with Gasteiger partial charge in [0.05, 0.1) is 33.0 Å². The second-order valence-corrected chi connectivity index (χ2v) is 18.7. The van der Waals surface area contributed by atoms with Crippen LogP contribution >= 0.6 is 8.53 Å². The average molecular weight is 904 g/mol. The molecule has 348 valence electrons. The number of unbranched alkanes of at least 4 members (excludes halogenated alkanes) is 4. The van der Waals surface area contributed by atoms with E-state index >= 15 is 0 Å². The monoisotopic (exact) mass is 903 g/mol. The van der Waals surface area contributed by atoms with Crippen LogP contribution in [0.2, 0.25) is 0 Å². The van der Waals surface area contributed by atoms with Crippen molar-refractivity contribution < 1.29 is 37.5 Å². The number of carbonyl (C=O) groups is 1. The number of ether oxygens (including phenoxy) is 5. The molecule has 1 saturated carbocycles. The number of hydrogen-bond acceptors (Lipinski definition) is 9. The topological polar surface area (TPSA) is 84.9 Å². The minimum atomic E-state index is -1.80. The van der Waals surface area contributed by atoms with E-state index in [2.05, 4.69) is 51.4 Å². The molecule has 65 heavy (non-hydrogen) atoms. The Morgan fingerprint density at radius 2 is 0.800 bits per heavy atom. The van der Waals surface area contributed by atoms with Gasteiger partial charge in [-0.3, -0.25) is 4.79 Å². The van der Waals surface area contributed by atoms with E-state index in [4.69, 9.17) is 32.7 Å². The smallest absolute Gasteiger partial charge is 0.306 e. The van der Waals surface area contributed by atoms with Crippen LogP contribution in [0.3, 0.4) is 0 Å². The molecule has 5 aromatic rings. The van der Waals surface area contributed by atoms with E-state index < -0.39 is 45.1 Å². The summed E-state index contributed by atoms with van der Waals surface area (Å²) in [4.78, 5) is 14.3. The first kappa shape index (κ1) is 50.1. The minimum Gasteiger partial charge on any atom is -0.457 e. The molecule has 1 aliphatic rings. The van der Waals surface area contributed by atoms with E-state index in [0.717, 1.165) is 59.9 Å². The third-order valence-corrected chi connectivity index (χ3v) is 13.6. The van der Waals surface area contributed by atoms with Crippen LogP contribution in [0.1, 0.15) is 101 Å². The molecular formula is C55H70NO8P. The predicted octanol–water partition coefficient (Wildman–Crippen LogP) is 12.6. The average Bonchev–Trinajstić information content (AvgIpc) is 3.33. The van der Waals surface area contributed by atoms with Crippen molar-refractivity contribution in [2.75, 3.05) is 0 Å². The molecule has 7 atom stereocenters. The summed E-state index contributed by atoms with van der Waals surface area (Å²) in [6, 6.07) is 50.5. The summed E-state index contributed by atoms with van der Waals surface area (Å²) >= 11 is 0. The highest BCUT2D eigenvalue weighted by Crippen LogP contribution is 2.51. The van der Waals surface area contributed by atoms with Gasteiger partial charge >= 0.3 is 5.97 Å². The van der Waals surface area contributed by atoms with Gasteiger partial charge in [-0.2, -0.15) is 0 Å². The van der Waals surface area contributed by atoms with E-state index in [1.54, 1.807) is 0 Å². The molecule has 1 unspecified atom stereocenters. The van der Waals surface area contributed by atoms with Gasteiger partial charge in [-0.25, -0.2) is 4.67 Å². The number of rotatable bonds is 27. The molecule has 6 rings (SSSR count). The van der Waals surface area contributed by atoms with Gasteiger partial charge in [0, 0.05) is 18.5 Å². The SMILES string of the molecule is CCCCCCCC(=O)O[C@@H]1[C@H](OCc2ccccc2)[C@@H](OCc2ccccc2)[C@H](OCc2ccccc2)[C@@H](OCc2ccccc2)[C@@H]1OP(OCc1ccccc1)N(C(C)C)C(C)C. The van der Waals surface area contributed by atoms with Gasteiger partial charge in [0.1, 0.15) is 30.5 Å². The third kappa shape index (κ3) is 15.9. The summed E-state index contributed by atoms with van der Waals surface area (Å²) in [5.74, 6) is -0.320. The normalized spacial score (nSPS) is 20.3. The van der Waals surface area contributed by atoms with Crippen LogP contribution in [0, 0.1) is 0 Å². The maximum Gasteiger partial charge on any atom is 0.306 e. The van der Waals surface area contributed by atoms with Crippen LogP contribution in [-0.4, -0.2) is 59.3 Å². The number of carbonyl (C=O) groups excluding carboxylic acids is 1. The van der Waals surface area contributed by atoms with Crippen LogP contribution in [-0.2, 0) is 70.6 Å². The van der Waals surface area contributed by atoms with Gasteiger partial charge in [-0.05, 0) is 61.9 Å². The fourth-order valence-corrected chi connectivity index (χ4v) is 9.98. The fourth-order valence-electron chi connectivity index (χ4n) is 8.22. The lowest BCUT2D eigenvalue weighted by molar-refractivity contribution is -0.274. The van der Waals surface area contributed by atoms with Crippen LogP contribution < -0.4 is 0 Å². The lowest BCUT2D eigenvalue weighted by Crippen LogP contribution is -2.67. The highest BCUT2D eigenvalue weighted by atomic mass is 31.2. The molecule has 0 aliphatic heterocycles. The van der Waals surface area contributed by atoms with Crippen LogP contribution in [0.25, 0.3) is 0 Å². The Labute approximate surface area is 389 Å². The molecule has 1 aliphatic carbocycles. The van der Waals surface area contributed by atoms with Crippen LogP contribution in [0.5, 0.6) is 0 Å². The molecule has 5 aromatic carbocycles. The Balaban J connectivity index is 1.49. The van der Waals surface area contributed by atoms with Crippen molar-refractivity contribution in [2.45, 2.75) is 155 Å². The molecule has 0 heterocycles. The molecule has 0 bridgehead atoms. The molecule has 0 aromatic heterocycles. The van der Waals surface area contributed by atoms with Gasteiger partial charge < -0.3 is 32.7 Å². The summed E-state index contributed by atoms with van der Waals surface area (Å²) in [5.41, 5.74) is 4.94. The van der Waals surface area contributed by atoms with E-state index in [1.807, 2.05) is 140 Å². The molecule has 1 fully saturated rings. The molecule has 10 heteroatoms. The Morgan fingerprint density at radius 1 is 0.462 bits per heavy atom. The number of hydrogen-bond donors (Lipinski definition) is 0. The third-order valence-electron chi connectivity index (χ3n) is 11.5. The van der Waals surface area contributed by atoms with Crippen molar-refractivity contribution in [3.05, 3.63) is 179 Å². The van der Waals surface area contributed by atoms with Crippen LogP contribution in [0.15, 0.2) is 152 Å². The van der Waals surface area contributed by atoms with Crippen molar-refractivity contribution in [2.24, 2.45) is 0 Å². The standard InChI is InChI=1S/C55H70NO8P/c1-6-7-8-9-25-36-49(57)63-54-52(60-39-46-30-19-12-20-31-46)50(58-37-44-26-15-10-16-27-44)51(59-38-45-28-17-11-18-29-45)53(61-40-47-32-21-13-22-33-47)55(54)64-65(56(42(2)3)43(4)5)62-41-48-34-23-14-24-35-48/h10-24,26-35,42-43,50-55H,6-9,25,36-41H2,1-5H3/t50-,51-,52+,53+,54+,55-,65?/m0/s1. The predicted molar refractivity (Wildman–Crippen MR) is 258 cm³/mol. The molecule has 9 nitrogen and oxygen atoms in total. The second kappa shape index (κ2) is 27.4. The molecule has 0 amide bonds. The highest BCUT2D eigenvalue weighted by Gasteiger charge is 2.57. The maximum absolute atomic E-state index is 14.3. The Morgan fingerprint density at radius 3 is 1.17 bits per heavy atom. The Kier molecular flexibility index (Phi) is 21.1. The first-order valence-electron chi connectivity index (χ1n) is 23.5. The van der Waals surface area contributed by atoms with Gasteiger partial charge in [-0.15, -0.1) is 0 Å². The summed E-state index contributed by atoms with van der Waals surface area (Å²) in [7, 11) is -1.80. The number of benzene rings is 5. The molecule has 0 saturated heterocycles. The highest BCUT2D eigenvalue weighted by molar-refractivity contribution is 7.44. The first-order chi connectivity index (χ1) is 31.8. The lowest BCUT2D eigenvalue weighted by Gasteiger charge is -2.50. The fraction of sp³-hybridized carbons (Fsp3) is 0.436. The van der Waals surface area contributed by atoms with Crippen molar-refractivity contribution in [3.63, 3.8) is 0 Å². The summed E-state index contributed by atoms with van der Waals surface area (Å²) in [6.07, 6.45) is 0.163. The van der Waals surface area contributed by atoms with Crippen molar-refractivity contribution in [1.82, 2.24) is 4.67 Å². The Hall–Kier alpha value is -4.28. The zero-order chi connectivity index (χ0) is 45.6. The Bertz CT molecular complexity index is 2020. The van der Waals surface area contributed by atoms with Crippen molar-refractivity contribution >= 4 is 14.5 Å². The maximum atomic E-state index is 14.3. The van der Waals surface area contributed by atoms with E-state index in [1.165, 1.54) is 0 Å². The van der Waals surface area contributed by atoms with Crippen molar-refractivity contribution in [3.8, 4) is 0 Å². The van der Waals surface area contributed by atoms with Crippen molar-refractivity contribution in [1.29, 1.82) is 0 Å². The molecule has 0 radical (unpaired) electrons. The van der Waals surface area contributed by atoms with Crippen LogP contribution in [0.4, 0.5) is 0 Å². The zero-order valence-electron chi connectivity index (χ0n) is 39.0.